The molecule has 2 aromatic rings. The van der Waals surface area contributed by atoms with Gasteiger partial charge in [0.2, 0.25) is 15.9 Å². The summed E-state index contributed by atoms with van der Waals surface area (Å²) in [7, 11) is -1.86. The number of nitrogens with one attached hydrogen (secondary N) is 1. The number of carbonyl (C=O) groups excluding carboxylic acids is 1. The lowest BCUT2D eigenvalue weighted by Crippen LogP contribution is -2.32. The maximum absolute atomic E-state index is 12.2. The van der Waals surface area contributed by atoms with Crippen LogP contribution in [0, 0.1) is 0 Å². The van der Waals surface area contributed by atoms with Crippen molar-refractivity contribution in [3.8, 4) is 11.5 Å². The van der Waals surface area contributed by atoms with Gasteiger partial charge >= 0.3 is 0 Å². The number of amides is 1. The van der Waals surface area contributed by atoms with Crippen LogP contribution < -0.4 is 19.1 Å². The molecular weight excluding hydrogens is 392 g/mol. The fraction of sp³-hybridized carbons (Fsp3) is 0.381. The molecule has 0 radical (unpaired) electrons. The average molecular weight is 421 g/mol. The lowest BCUT2D eigenvalue weighted by molar-refractivity contribution is -0.121. The standard InChI is InChI=1S/C21H28N2O5S/c1-4-28-19-12-10-18(11-13-19)23(29(3,25)26)14-6-9-21(24)22-16-17-7-5-8-20(15-17)27-2/h5,7-8,10-13,15H,4,6,9,14,16H2,1-3H3,(H,22,24). The molecule has 1 N–H and O–H groups in total. The van der Waals surface area contributed by atoms with Crippen LogP contribution in [-0.4, -0.2) is 40.8 Å². The summed E-state index contributed by atoms with van der Waals surface area (Å²) in [6.07, 6.45) is 1.80. The molecule has 0 aliphatic heterocycles. The van der Waals surface area contributed by atoms with E-state index < -0.39 is 10.0 Å². The number of anilines is 1. The molecule has 0 aliphatic rings. The molecule has 0 aliphatic carbocycles. The predicted octanol–water partition coefficient (Wildman–Crippen LogP) is 2.96. The van der Waals surface area contributed by atoms with Crippen LogP contribution in [0.1, 0.15) is 25.3 Å². The van der Waals surface area contributed by atoms with Crippen LogP contribution in [0.4, 0.5) is 5.69 Å². The Bertz CT molecular complexity index is 898. The Hall–Kier alpha value is -2.74. The third-order valence-corrected chi connectivity index (χ3v) is 5.42. The van der Waals surface area contributed by atoms with Gasteiger partial charge in [0, 0.05) is 19.5 Å². The molecule has 1 amide bonds. The molecule has 29 heavy (non-hydrogen) atoms. The third-order valence-electron chi connectivity index (χ3n) is 4.22. The second-order valence-corrected chi connectivity index (χ2v) is 8.40. The zero-order valence-electron chi connectivity index (χ0n) is 17.1. The number of methoxy groups -OCH3 is 1. The average Bonchev–Trinajstić information content (AvgIpc) is 2.70. The largest absolute Gasteiger partial charge is 0.497 e. The van der Waals surface area contributed by atoms with Crippen molar-refractivity contribution in [3.63, 3.8) is 0 Å². The maximum Gasteiger partial charge on any atom is 0.232 e. The molecule has 7 nitrogen and oxygen atoms in total. The molecule has 0 atom stereocenters. The molecule has 0 unspecified atom stereocenters. The van der Waals surface area contributed by atoms with E-state index >= 15 is 0 Å². The van der Waals surface area contributed by atoms with Crippen molar-refractivity contribution >= 4 is 21.6 Å². The summed E-state index contributed by atoms with van der Waals surface area (Å²) < 4.78 is 36.2. The SMILES string of the molecule is CCOc1ccc(N(CCCC(=O)NCc2cccc(OC)c2)S(C)(=O)=O)cc1. The lowest BCUT2D eigenvalue weighted by Gasteiger charge is -2.22. The summed E-state index contributed by atoms with van der Waals surface area (Å²) in [6, 6.07) is 14.3. The molecule has 158 valence electrons. The highest BCUT2D eigenvalue weighted by atomic mass is 32.2. The topological polar surface area (TPSA) is 84.9 Å². The Morgan fingerprint density at radius 3 is 2.45 bits per heavy atom. The molecular formula is C21H28N2O5S. The maximum atomic E-state index is 12.2. The Labute approximate surface area is 172 Å². The third kappa shape index (κ3) is 7.30. The number of benzene rings is 2. The number of sulfonamides is 1. The second kappa shape index (κ2) is 10.7. The smallest absolute Gasteiger partial charge is 0.232 e. The fourth-order valence-electron chi connectivity index (χ4n) is 2.82. The van der Waals surface area contributed by atoms with E-state index in [0.29, 0.717) is 31.0 Å². The molecule has 0 fully saturated rings. The van der Waals surface area contributed by atoms with Crippen molar-refractivity contribution < 1.29 is 22.7 Å². The molecule has 0 saturated carbocycles. The number of ether oxygens (including phenoxy) is 2. The monoisotopic (exact) mass is 420 g/mol. The van der Waals surface area contributed by atoms with Crippen molar-refractivity contribution in [3.05, 3.63) is 54.1 Å². The number of rotatable bonds is 11. The molecule has 0 bridgehead atoms. The zero-order chi connectivity index (χ0) is 21.3. The van der Waals surface area contributed by atoms with Crippen molar-refractivity contribution in [2.75, 3.05) is 30.8 Å². The summed E-state index contributed by atoms with van der Waals surface area (Å²) in [5, 5.41) is 2.85. The van der Waals surface area contributed by atoms with Crippen LogP contribution in [0.2, 0.25) is 0 Å². The van der Waals surface area contributed by atoms with Gasteiger partial charge in [-0.25, -0.2) is 8.42 Å². The first-order valence-corrected chi connectivity index (χ1v) is 11.3. The van der Waals surface area contributed by atoms with Gasteiger partial charge in [-0.2, -0.15) is 0 Å². The van der Waals surface area contributed by atoms with Crippen molar-refractivity contribution in [2.24, 2.45) is 0 Å². The molecule has 8 heteroatoms. The van der Waals surface area contributed by atoms with E-state index in [1.165, 1.54) is 4.31 Å². The van der Waals surface area contributed by atoms with E-state index in [0.717, 1.165) is 17.6 Å². The Morgan fingerprint density at radius 1 is 1.10 bits per heavy atom. The summed E-state index contributed by atoms with van der Waals surface area (Å²) >= 11 is 0. The molecule has 2 aromatic carbocycles. The van der Waals surface area contributed by atoms with E-state index in [1.54, 1.807) is 31.4 Å². The summed E-state index contributed by atoms with van der Waals surface area (Å²) in [4.78, 5) is 12.1. The van der Waals surface area contributed by atoms with E-state index in [1.807, 2.05) is 31.2 Å². The number of hydrogen-bond donors (Lipinski definition) is 1. The van der Waals surface area contributed by atoms with E-state index in [4.69, 9.17) is 9.47 Å². The second-order valence-electron chi connectivity index (χ2n) is 6.49. The first-order valence-electron chi connectivity index (χ1n) is 9.43. The van der Waals surface area contributed by atoms with Crippen LogP contribution in [-0.2, 0) is 21.4 Å². The molecule has 0 heterocycles. The quantitative estimate of drug-likeness (QED) is 0.604. The van der Waals surface area contributed by atoms with Gasteiger partial charge in [-0.15, -0.1) is 0 Å². The van der Waals surface area contributed by atoms with Crippen LogP contribution >= 0.6 is 0 Å². The van der Waals surface area contributed by atoms with E-state index in [2.05, 4.69) is 5.32 Å². The van der Waals surface area contributed by atoms with Gasteiger partial charge in [0.25, 0.3) is 0 Å². The fourth-order valence-corrected chi connectivity index (χ4v) is 3.78. The number of hydrogen-bond acceptors (Lipinski definition) is 5. The van der Waals surface area contributed by atoms with Gasteiger partial charge < -0.3 is 14.8 Å². The van der Waals surface area contributed by atoms with Crippen molar-refractivity contribution in [2.45, 2.75) is 26.3 Å². The van der Waals surface area contributed by atoms with Crippen LogP contribution in [0.3, 0.4) is 0 Å². The molecule has 2 rings (SSSR count). The zero-order valence-corrected chi connectivity index (χ0v) is 17.9. The Morgan fingerprint density at radius 2 is 1.83 bits per heavy atom. The normalized spacial score (nSPS) is 11.0. The van der Waals surface area contributed by atoms with Crippen LogP contribution in [0.5, 0.6) is 11.5 Å². The first kappa shape index (κ1) is 22.5. The lowest BCUT2D eigenvalue weighted by atomic mass is 10.2. The number of carbonyl (C=O) groups is 1. The minimum Gasteiger partial charge on any atom is -0.497 e. The highest BCUT2D eigenvalue weighted by molar-refractivity contribution is 7.92. The van der Waals surface area contributed by atoms with Gasteiger partial charge in [0.1, 0.15) is 11.5 Å². The Balaban J connectivity index is 1.88. The molecule has 0 aromatic heterocycles. The summed E-state index contributed by atoms with van der Waals surface area (Å²) in [5.41, 5.74) is 1.48. The van der Waals surface area contributed by atoms with Gasteiger partial charge in [-0.3, -0.25) is 9.10 Å². The highest BCUT2D eigenvalue weighted by Gasteiger charge is 2.17. The number of nitrogens with zero attached hydrogens (tertiary/aromatic N) is 1. The highest BCUT2D eigenvalue weighted by Crippen LogP contribution is 2.22. The van der Waals surface area contributed by atoms with Crippen molar-refractivity contribution in [1.29, 1.82) is 0 Å². The molecule has 0 spiro atoms. The Kier molecular flexibility index (Phi) is 8.33. The van der Waals surface area contributed by atoms with E-state index in [9.17, 15) is 13.2 Å². The van der Waals surface area contributed by atoms with Gasteiger partial charge in [0.05, 0.1) is 25.7 Å². The van der Waals surface area contributed by atoms with Crippen LogP contribution in [0.25, 0.3) is 0 Å². The molecule has 0 saturated heterocycles. The van der Waals surface area contributed by atoms with Crippen LogP contribution in [0.15, 0.2) is 48.5 Å². The van der Waals surface area contributed by atoms with Gasteiger partial charge in [-0.05, 0) is 55.3 Å². The van der Waals surface area contributed by atoms with E-state index in [-0.39, 0.29) is 18.9 Å². The summed E-state index contributed by atoms with van der Waals surface area (Å²) in [5.74, 6) is 1.28. The first-order chi connectivity index (χ1) is 13.8. The summed E-state index contributed by atoms with van der Waals surface area (Å²) in [6.45, 7) is 3.04. The predicted molar refractivity (Wildman–Crippen MR) is 114 cm³/mol. The minimum atomic E-state index is -3.46. The van der Waals surface area contributed by atoms with Gasteiger partial charge in [-0.1, -0.05) is 12.1 Å². The van der Waals surface area contributed by atoms with Gasteiger partial charge in [0.15, 0.2) is 0 Å². The minimum absolute atomic E-state index is 0.132. The van der Waals surface area contributed by atoms with Crippen molar-refractivity contribution in [1.82, 2.24) is 5.32 Å².